The number of nitrogens with two attached hydrogens (primary N) is 1. The van der Waals surface area contributed by atoms with Gasteiger partial charge in [-0.25, -0.2) is 0 Å². The summed E-state index contributed by atoms with van der Waals surface area (Å²) in [5.41, 5.74) is 8.71. The fourth-order valence-corrected chi connectivity index (χ4v) is 2.26. The molecule has 1 aromatic rings. The molecule has 2 rings (SSSR count). The first-order valence-electron chi connectivity index (χ1n) is 6.17. The van der Waals surface area contributed by atoms with E-state index in [9.17, 15) is 5.11 Å². The van der Waals surface area contributed by atoms with Gasteiger partial charge in [0, 0.05) is 11.5 Å². The Morgan fingerprint density at radius 2 is 1.94 bits per heavy atom. The maximum atomic E-state index is 9.35. The minimum atomic E-state index is -0.0216. The lowest BCUT2D eigenvalue weighted by atomic mass is 9.91. The Balaban J connectivity index is 2.09. The van der Waals surface area contributed by atoms with Crippen LogP contribution in [0, 0.1) is 5.41 Å². The molecule has 1 aromatic carbocycles. The number of aliphatic hydroxyl groups is 1. The molecule has 1 unspecified atom stereocenters. The van der Waals surface area contributed by atoms with Gasteiger partial charge in [-0.3, -0.25) is 0 Å². The van der Waals surface area contributed by atoms with Crippen molar-refractivity contribution in [2.24, 2.45) is 11.1 Å². The zero-order valence-electron chi connectivity index (χ0n) is 9.95. The molecule has 2 heteroatoms. The van der Waals surface area contributed by atoms with Gasteiger partial charge in [-0.05, 0) is 30.4 Å². The van der Waals surface area contributed by atoms with Gasteiger partial charge in [0.15, 0.2) is 0 Å². The first-order chi connectivity index (χ1) is 7.72. The number of hydrogen-bond donors (Lipinski definition) is 2. The number of rotatable bonds is 5. The highest BCUT2D eigenvalue weighted by Gasteiger charge is 2.47. The first kappa shape index (κ1) is 11.6. The zero-order chi connectivity index (χ0) is 11.6. The monoisotopic (exact) mass is 219 g/mol. The molecular weight excluding hydrogens is 198 g/mol. The summed E-state index contributed by atoms with van der Waals surface area (Å²) >= 11 is 0. The molecule has 88 valence electrons. The molecule has 0 spiro atoms. The van der Waals surface area contributed by atoms with Gasteiger partial charge in [-0.1, -0.05) is 37.6 Å². The fraction of sp³-hybridized carbons (Fsp3) is 0.571. The SMILES string of the molecule is CCCc1ccc(C(N)C2(CO)CC2)cc1. The lowest BCUT2D eigenvalue weighted by molar-refractivity contribution is 0.188. The lowest BCUT2D eigenvalue weighted by Gasteiger charge is -2.21. The third kappa shape index (κ3) is 2.13. The predicted octanol–water partition coefficient (Wildman–Crippen LogP) is 2.41. The van der Waals surface area contributed by atoms with Crippen molar-refractivity contribution in [3.63, 3.8) is 0 Å². The van der Waals surface area contributed by atoms with Crippen LogP contribution in [0.4, 0.5) is 0 Å². The maximum absolute atomic E-state index is 9.35. The van der Waals surface area contributed by atoms with Gasteiger partial charge in [0.1, 0.15) is 0 Å². The second-order valence-electron chi connectivity index (χ2n) is 4.99. The topological polar surface area (TPSA) is 46.2 Å². The molecule has 0 heterocycles. The van der Waals surface area contributed by atoms with Crippen molar-refractivity contribution in [1.82, 2.24) is 0 Å². The van der Waals surface area contributed by atoms with Gasteiger partial charge < -0.3 is 10.8 Å². The molecule has 2 nitrogen and oxygen atoms in total. The zero-order valence-corrected chi connectivity index (χ0v) is 9.95. The number of benzene rings is 1. The van der Waals surface area contributed by atoms with Gasteiger partial charge in [-0.15, -0.1) is 0 Å². The van der Waals surface area contributed by atoms with Gasteiger partial charge in [-0.2, -0.15) is 0 Å². The highest BCUT2D eigenvalue weighted by molar-refractivity contribution is 5.28. The third-order valence-corrected chi connectivity index (χ3v) is 3.74. The summed E-state index contributed by atoms with van der Waals surface area (Å²) in [5.74, 6) is 0. The molecular formula is C14H21NO. The number of aliphatic hydroxyl groups excluding tert-OH is 1. The van der Waals surface area contributed by atoms with Crippen molar-refractivity contribution in [3.05, 3.63) is 35.4 Å². The Hall–Kier alpha value is -0.860. The smallest absolute Gasteiger partial charge is 0.0505 e. The van der Waals surface area contributed by atoms with E-state index in [0.717, 1.165) is 24.8 Å². The summed E-state index contributed by atoms with van der Waals surface area (Å²) in [6.07, 6.45) is 4.41. The number of aryl methyl sites for hydroxylation is 1. The van der Waals surface area contributed by atoms with Crippen molar-refractivity contribution < 1.29 is 5.11 Å². The molecule has 1 aliphatic rings. The van der Waals surface area contributed by atoms with Crippen LogP contribution in [0.1, 0.15) is 43.4 Å². The summed E-state index contributed by atoms with van der Waals surface area (Å²) in [7, 11) is 0. The fourth-order valence-electron chi connectivity index (χ4n) is 2.26. The van der Waals surface area contributed by atoms with Gasteiger partial charge in [0.2, 0.25) is 0 Å². The van der Waals surface area contributed by atoms with E-state index in [1.54, 1.807) is 0 Å². The average Bonchev–Trinajstić information content (AvgIpc) is 3.10. The second kappa shape index (κ2) is 4.56. The lowest BCUT2D eigenvalue weighted by Crippen LogP contribution is -2.25. The molecule has 0 saturated heterocycles. The molecule has 0 aliphatic heterocycles. The first-order valence-corrected chi connectivity index (χ1v) is 6.17. The summed E-state index contributed by atoms with van der Waals surface area (Å²) in [5, 5.41) is 9.35. The molecule has 3 N–H and O–H groups in total. The Bertz CT molecular complexity index is 340. The van der Waals surface area contributed by atoms with Crippen LogP contribution in [-0.2, 0) is 6.42 Å². The molecule has 0 amide bonds. The van der Waals surface area contributed by atoms with Gasteiger partial charge in [0.05, 0.1) is 6.61 Å². The van der Waals surface area contributed by atoms with Crippen molar-refractivity contribution in [2.45, 2.75) is 38.6 Å². The molecule has 16 heavy (non-hydrogen) atoms. The molecule has 0 aromatic heterocycles. The van der Waals surface area contributed by atoms with E-state index in [1.807, 2.05) is 0 Å². The normalized spacial score (nSPS) is 19.4. The van der Waals surface area contributed by atoms with E-state index in [4.69, 9.17) is 5.73 Å². The van der Waals surface area contributed by atoms with E-state index in [-0.39, 0.29) is 18.1 Å². The standard InChI is InChI=1S/C14H21NO/c1-2-3-11-4-6-12(7-5-11)13(15)14(10-16)8-9-14/h4-7,13,16H,2-3,8-10,15H2,1H3. The summed E-state index contributed by atoms with van der Waals surface area (Å²) in [6.45, 7) is 2.40. The Labute approximate surface area is 97.5 Å². The summed E-state index contributed by atoms with van der Waals surface area (Å²) in [4.78, 5) is 0. The maximum Gasteiger partial charge on any atom is 0.0505 e. The molecule has 0 radical (unpaired) electrons. The van der Waals surface area contributed by atoms with Crippen LogP contribution >= 0.6 is 0 Å². The quantitative estimate of drug-likeness (QED) is 0.799. The van der Waals surface area contributed by atoms with Crippen LogP contribution in [0.25, 0.3) is 0 Å². The van der Waals surface area contributed by atoms with Crippen molar-refractivity contribution >= 4 is 0 Å². The molecule has 1 fully saturated rings. The molecule has 1 atom stereocenters. The van der Waals surface area contributed by atoms with E-state index < -0.39 is 0 Å². The minimum Gasteiger partial charge on any atom is -0.396 e. The van der Waals surface area contributed by atoms with Crippen molar-refractivity contribution in [2.75, 3.05) is 6.61 Å². The predicted molar refractivity (Wildman–Crippen MR) is 66.1 cm³/mol. The van der Waals surface area contributed by atoms with Crippen molar-refractivity contribution in [3.8, 4) is 0 Å². The van der Waals surface area contributed by atoms with Crippen LogP contribution in [0.5, 0.6) is 0 Å². The van der Waals surface area contributed by atoms with E-state index in [0.29, 0.717) is 0 Å². The Kier molecular flexibility index (Phi) is 3.31. The van der Waals surface area contributed by atoms with Gasteiger partial charge >= 0.3 is 0 Å². The van der Waals surface area contributed by atoms with Crippen molar-refractivity contribution in [1.29, 1.82) is 0 Å². The average molecular weight is 219 g/mol. The summed E-state index contributed by atoms with van der Waals surface area (Å²) in [6, 6.07) is 8.54. The van der Waals surface area contributed by atoms with Crippen LogP contribution < -0.4 is 5.73 Å². The number of hydrogen-bond acceptors (Lipinski definition) is 2. The Morgan fingerprint density at radius 3 is 2.38 bits per heavy atom. The van der Waals surface area contributed by atoms with Gasteiger partial charge in [0.25, 0.3) is 0 Å². The molecule has 0 bridgehead atoms. The largest absolute Gasteiger partial charge is 0.396 e. The van der Waals surface area contributed by atoms with Crippen LogP contribution in [0.15, 0.2) is 24.3 Å². The van der Waals surface area contributed by atoms with E-state index in [2.05, 4.69) is 31.2 Å². The highest BCUT2D eigenvalue weighted by atomic mass is 16.3. The molecule has 1 aliphatic carbocycles. The van der Waals surface area contributed by atoms with Crippen LogP contribution in [0.2, 0.25) is 0 Å². The second-order valence-corrected chi connectivity index (χ2v) is 4.99. The van der Waals surface area contributed by atoms with E-state index in [1.165, 1.54) is 12.0 Å². The summed E-state index contributed by atoms with van der Waals surface area (Å²) < 4.78 is 0. The molecule has 1 saturated carbocycles. The Morgan fingerprint density at radius 1 is 1.31 bits per heavy atom. The third-order valence-electron chi connectivity index (χ3n) is 3.74. The minimum absolute atomic E-state index is 0.00632. The van der Waals surface area contributed by atoms with Crippen LogP contribution in [0.3, 0.4) is 0 Å². The van der Waals surface area contributed by atoms with Crippen LogP contribution in [-0.4, -0.2) is 11.7 Å². The van der Waals surface area contributed by atoms with E-state index >= 15 is 0 Å². The highest BCUT2D eigenvalue weighted by Crippen LogP contribution is 2.53.